The zero-order chi connectivity index (χ0) is 23.9. The molecule has 0 saturated heterocycles. The number of amides is 2. The minimum Gasteiger partial charge on any atom is -0.483 e. The summed E-state index contributed by atoms with van der Waals surface area (Å²) in [5, 5.41) is 2.95. The van der Waals surface area contributed by atoms with Gasteiger partial charge in [0.2, 0.25) is 5.91 Å². The maximum Gasteiger partial charge on any atom is 0.261 e. The van der Waals surface area contributed by atoms with E-state index < -0.39 is 6.04 Å². The molecule has 32 heavy (non-hydrogen) atoms. The Kier molecular flexibility index (Phi) is 8.88. The summed E-state index contributed by atoms with van der Waals surface area (Å²) in [6.45, 7) is 15.0. The predicted octanol–water partition coefficient (Wildman–Crippen LogP) is 4.86. The van der Waals surface area contributed by atoms with Crippen LogP contribution in [0.15, 0.2) is 48.5 Å². The Morgan fingerprint density at radius 2 is 1.62 bits per heavy atom. The van der Waals surface area contributed by atoms with Crippen molar-refractivity contribution < 1.29 is 14.3 Å². The first kappa shape index (κ1) is 25.4. The molecule has 1 unspecified atom stereocenters. The Hall–Kier alpha value is -2.82. The number of carbonyl (C=O) groups excluding carboxylic acids is 2. The molecule has 0 aliphatic carbocycles. The lowest BCUT2D eigenvalue weighted by Crippen LogP contribution is -2.49. The molecule has 0 saturated carbocycles. The van der Waals surface area contributed by atoms with Crippen molar-refractivity contribution in [3.63, 3.8) is 0 Å². The van der Waals surface area contributed by atoms with Crippen LogP contribution in [0.2, 0.25) is 0 Å². The number of benzene rings is 2. The number of hydrogen-bond donors (Lipinski definition) is 1. The van der Waals surface area contributed by atoms with Gasteiger partial charge in [-0.25, -0.2) is 0 Å². The minimum atomic E-state index is -0.609. The van der Waals surface area contributed by atoms with Crippen LogP contribution in [0.3, 0.4) is 0 Å². The second-order valence-corrected chi connectivity index (χ2v) is 9.80. The summed E-state index contributed by atoms with van der Waals surface area (Å²) in [5.41, 5.74) is 3.03. The number of rotatable bonds is 9. The smallest absolute Gasteiger partial charge is 0.261 e. The van der Waals surface area contributed by atoms with E-state index in [1.54, 1.807) is 11.8 Å². The Bertz CT molecular complexity index is 915. The summed E-state index contributed by atoms with van der Waals surface area (Å²) in [6.07, 6.45) is 0. The SMILES string of the molecule is Cc1ccccc1CN(C(=O)COc1ccccc1C(C)(C)C)C(C)C(=O)NCC(C)C. The molecular formula is C27H38N2O3. The van der Waals surface area contributed by atoms with Crippen LogP contribution in [0.1, 0.15) is 58.2 Å². The number of hydrogen-bond acceptors (Lipinski definition) is 3. The van der Waals surface area contributed by atoms with Crippen LogP contribution in [0.4, 0.5) is 0 Å². The molecule has 0 radical (unpaired) electrons. The molecule has 0 aromatic heterocycles. The van der Waals surface area contributed by atoms with E-state index in [1.165, 1.54) is 0 Å². The molecule has 1 atom stereocenters. The Labute approximate surface area is 193 Å². The average molecular weight is 439 g/mol. The van der Waals surface area contributed by atoms with Crippen molar-refractivity contribution in [3.05, 3.63) is 65.2 Å². The zero-order valence-corrected chi connectivity index (χ0v) is 20.6. The van der Waals surface area contributed by atoms with Crippen LogP contribution >= 0.6 is 0 Å². The molecule has 0 bridgehead atoms. The highest BCUT2D eigenvalue weighted by molar-refractivity contribution is 5.88. The average Bonchev–Trinajstić information content (AvgIpc) is 2.74. The molecule has 2 aromatic rings. The Morgan fingerprint density at radius 3 is 2.25 bits per heavy atom. The monoisotopic (exact) mass is 438 g/mol. The second kappa shape index (κ2) is 11.2. The van der Waals surface area contributed by atoms with Gasteiger partial charge in [-0.05, 0) is 47.9 Å². The summed E-state index contributed by atoms with van der Waals surface area (Å²) in [5.74, 6) is 0.657. The first-order chi connectivity index (χ1) is 15.0. The van der Waals surface area contributed by atoms with Gasteiger partial charge in [0, 0.05) is 13.1 Å². The van der Waals surface area contributed by atoms with Crippen LogP contribution in [0, 0.1) is 12.8 Å². The summed E-state index contributed by atoms with van der Waals surface area (Å²) in [6, 6.07) is 15.1. The summed E-state index contributed by atoms with van der Waals surface area (Å²) in [7, 11) is 0. The molecule has 174 valence electrons. The standard InChI is InChI=1S/C27H38N2O3/c1-19(2)16-28-26(31)21(4)29(17-22-13-9-8-12-20(22)3)25(30)18-32-24-15-11-10-14-23(24)27(5,6)7/h8-15,19,21H,16-18H2,1-7H3,(H,28,31). The van der Waals surface area contributed by atoms with E-state index in [1.807, 2.05) is 69.3 Å². The van der Waals surface area contributed by atoms with Crippen LogP contribution in [0.25, 0.3) is 0 Å². The quantitative estimate of drug-likeness (QED) is 0.608. The number of nitrogens with one attached hydrogen (secondary N) is 1. The molecule has 0 aliphatic heterocycles. The van der Waals surface area contributed by atoms with Crippen molar-refractivity contribution in [1.82, 2.24) is 10.2 Å². The number of aryl methyl sites for hydroxylation is 1. The highest BCUT2D eigenvalue weighted by atomic mass is 16.5. The van der Waals surface area contributed by atoms with Crippen LogP contribution < -0.4 is 10.1 Å². The van der Waals surface area contributed by atoms with Gasteiger partial charge in [0.05, 0.1) is 0 Å². The van der Waals surface area contributed by atoms with Gasteiger partial charge in [-0.3, -0.25) is 9.59 Å². The van der Waals surface area contributed by atoms with Crippen LogP contribution in [-0.4, -0.2) is 35.9 Å². The lowest BCUT2D eigenvalue weighted by Gasteiger charge is -2.30. The van der Waals surface area contributed by atoms with Gasteiger partial charge in [0.1, 0.15) is 11.8 Å². The summed E-state index contributed by atoms with van der Waals surface area (Å²) >= 11 is 0. The topological polar surface area (TPSA) is 58.6 Å². The molecular weight excluding hydrogens is 400 g/mol. The van der Waals surface area contributed by atoms with Crippen molar-refractivity contribution >= 4 is 11.8 Å². The largest absolute Gasteiger partial charge is 0.483 e. The predicted molar refractivity (Wildman–Crippen MR) is 130 cm³/mol. The van der Waals surface area contributed by atoms with Gasteiger partial charge in [-0.1, -0.05) is 77.1 Å². The third-order valence-corrected chi connectivity index (χ3v) is 5.50. The fourth-order valence-electron chi connectivity index (χ4n) is 3.44. The van der Waals surface area contributed by atoms with Gasteiger partial charge >= 0.3 is 0 Å². The van der Waals surface area contributed by atoms with E-state index in [9.17, 15) is 9.59 Å². The molecule has 0 fully saturated rings. The fraction of sp³-hybridized carbons (Fsp3) is 0.481. The molecule has 0 heterocycles. The van der Waals surface area contributed by atoms with Crippen molar-refractivity contribution in [2.24, 2.45) is 5.92 Å². The van der Waals surface area contributed by atoms with E-state index in [2.05, 4.69) is 26.1 Å². The van der Waals surface area contributed by atoms with Crippen molar-refractivity contribution in [3.8, 4) is 5.75 Å². The number of nitrogens with zero attached hydrogens (tertiary/aromatic N) is 1. The number of ether oxygens (including phenoxy) is 1. The molecule has 1 N–H and O–H groups in total. The molecule has 0 spiro atoms. The Balaban J connectivity index is 2.22. The first-order valence-electron chi connectivity index (χ1n) is 11.3. The normalized spacial score (nSPS) is 12.4. The molecule has 5 nitrogen and oxygen atoms in total. The lowest BCUT2D eigenvalue weighted by atomic mass is 9.86. The second-order valence-electron chi connectivity index (χ2n) is 9.80. The minimum absolute atomic E-state index is 0.107. The molecule has 0 aliphatic rings. The fourth-order valence-corrected chi connectivity index (χ4v) is 3.44. The van der Waals surface area contributed by atoms with E-state index in [-0.39, 0.29) is 23.8 Å². The van der Waals surface area contributed by atoms with Gasteiger partial charge in [-0.15, -0.1) is 0 Å². The van der Waals surface area contributed by atoms with E-state index in [4.69, 9.17) is 4.74 Å². The van der Waals surface area contributed by atoms with Crippen molar-refractivity contribution in [1.29, 1.82) is 0 Å². The Morgan fingerprint density at radius 1 is 1.00 bits per heavy atom. The third-order valence-electron chi connectivity index (χ3n) is 5.50. The molecule has 2 amide bonds. The first-order valence-corrected chi connectivity index (χ1v) is 11.3. The highest BCUT2D eigenvalue weighted by Crippen LogP contribution is 2.31. The highest BCUT2D eigenvalue weighted by Gasteiger charge is 2.27. The summed E-state index contributed by atoms with van der Waals surface area (Å²) in [4.78, 5) is 27.7. The molecule has 5 heteroatoms. The van der Waals surface area contributed by atoms with Gasteiger partial charge in [-0.2, -0.15) is 0 Å². The van der Waals surface area contributed by atoms with Gasteiger partial charge < -0.3 is 15.0 Å². The van der Waals surface area contributed by atoms with Gasteiger partial charge in [0.15, 0.2) is 6.61 Å². The maximum absolute atomic E-state index is 13.3. The van der Waals surface area contributed by atoms with Gasteiger partial charge in [0.25, 0.3) is 5.91 Å². The zero-order valence-electron chi connectivity index (χ0n) is 20.6. The van der Waals surface area contributed by atoms with Crippen molar-refractivity contribution in [2.75, 3.05) is 13.2 Å². The van der Waals surface area contributed by atoms with Crippen LogP contribution in [-0.2, 0) is 21.5 Å². The number of para-hydroxylation sites is 1. The van der Waals surface area contributed by atoms with E-state index in [0.29, 0.717) is 24.8 Å². The third kappa shape index (κ3) is 7.11. The summed E-state index contributed by atoms with van der Waals surface area (Å²) < 4.78 is 5.98. The lowest BCUT2D eigenvalue weighted by molar-refractivity contribution is -0.142. The van der Waals surface area contributed by atoms with Crippen LogP contribution in [0.5, 0.6) is 5.75 Å². The molecule has 2 rings (SSSR count). The molecule has 2 aromatic carbocycles. The number of carbonyl (C=O) groups is 2. The van der Waals surface area contributed by atoms with E-state index >= 15 is 0 Å². The van der Waals surface area contributed by atoms with Crippen molar-refractivity contribution in [2.45, 2.75) is 66.5 Å². The maximum atomic E-state index is 13.3. The van der Waals surface area contributed by atoms with E-state index in [0.717, 1.165) is 16.7 Å².